The molecule has 1 aliphatic carbocycles. The van der Waals surface area contributed by atoms with Crippen molar-refractivity contribution >= 4 is 10.0 Å². The van der Waals surface area contributed by atoms with E-state index < -0.39 is 10.0 Å². The average Bonchev–Trinajstić information content (AvgIpc) is 2.56. The van der Waals surface area contributed by atoms with Crippen LogP contribution in [0.2, 0.25) is 0 Å². The summed E-state index contributed by atoms with van der Waals surface area (Å²) in [5, 5.41) is -0.218. The van der Waals surface area contributed by atoms with E-state index in [2.05, 4.69) is 9.97 Å². The van der Waals surface area contributed by atoms with Crippen LogP contribution >= 0.6 is 0 Å². The van der Waals surface area contributed by atoms with E-state index in [0.717, 1.165) is 37.8 Å². The van der Waals surface area contributed by atoms with Gasteiger partial charge in [0, 0.05) is 19.3 Å². The number of aryl methyl sites for hydroxylation is 1. The standard InChI is InChI=1S/C15H23N3O3S/c1-12-9-17-14(10-16-12)15-11-18(7-8-21-15)22(19,20)13-5-3-2-4-6-13/h9-10,13,15H,2-8,11H2,1H3/t15-/m0/s1. The SMILES string of the molecule is Cc1cnc([C@@H]2CN(S(=O)(=O)C3CCCCC3)CCO2)cn1. The van der Waals surface area contributed by atoms with Crippen molar-refractivity contribution in [3.63, 3.8) is 0 Å². The van der Waals surface area contributed by atoms with Crippen LogP contribution in [0.25, 0.3) is 0 Å². The first-order valence-electron chi connectivity index (χ1n) is 7.96. The molecule has 1 saturated heterocycles. The van der Waals surface area contributed by atoms with Crippen LogP contribution < -0.4 is 0 Å². The fourth-order valence-electron chi connectivity index (χ4n) is 3.18. The third-order valence-electron chi connectivity index (χ3n) is 4.49. The molecule has 2 heterocycles. The Kier molecular flexibility index (Phi) is 4.75. The Hall–Kier alpha value is -1.05. The zero-order chi connectivity index (χ0) is 15.6. The highest BCUT2D eigenvalue weighted by atomic mass is 32.2. The van der Waals surface area contributed by atoms with E-state index in [1.165, 1.54) is 0 Å². The summed E-state index contributed by atoms with van der Waals surface area (Å²) >= 11 is 0. The largest absolute Gasteiger partial charge is 0.369 e. The van der Waals surface area contributed by atoms with E-state index in [-0.39, 0.29) is 11.4 Å². The van der Waals surface area contributed by atoms with Gasteiger partial charge in [0.05, 0.1) is 29.4 Å². The summed E-state index contributed by atoms with van der Waals surface area (Å²) in [5.74, 6) is 0. The highest BCUT2D eigenvalue weighted by Gasteiger charge is 2.36. The number of hydrogen-bond acceptors (Lipinski definition) is 5. The molecule has 0 radical (unpaired) electrons. The molecule has 122 valence electrons. The number of morpholine rings is 1. The van der Waals surface area contributed by atoms with Crippen molar-refractivity contribution < 1.29 is 13.2 Å². The molecule has 2 aliphatic rings. The van der Waals surface area contributed by atoms with Gasteiger partial charge in [0.25, 0.3) is 0 Å². The first kappa shape index (κ1) is 15.8. The molecule has 3 rings (SSSR count). The van der Waals surface area contributed by atoms with Crippen LogP contribution in [0.4, 0.5) is 0 Å². The number of hydrogen-bond donors (Lipinski definition) is 0. The van der Waals surface area contributed by atoms with Crippen molar-refractivity contribution in [3.05, 3.63) is 23.8 Å². The minimum Gasteiger partial charge on any atom is -0.369 e. The molecule has 0 aromatic carbocycles. The van der Waals surface area contributed by atoms with Crippen LogP contribution in [0.5, 0.6) is 0 Å². The van der Waals surface area contributed by atoms with Gasteiger partial charge in [-0.1, -0.05) is 19.3 Å². The van der Waals surface area contributed by atoms with Crippen molar-refractivity contribution in [2.45, 2.75) is 50.4 Å². The number of nitrogens with zero attached hydrogens (tertiary/aromatic N) is 3. The summed E-state index contributed by atoms with van der Waals surface area (Å²) in [6, 6.07) is 0. The predicted molar refractivity (Wildman–Crippen MR) is 82.8 cm³/mol. The summed E-state index contributed by atoms with van der Waals surface area (Å²) in [5.41, 5.74) is 1.54. The number of rotatable bonds is 3. The van der Waals surface area contributed by atoms with Crippen molar-refractivity contribution in [3.8, 4) is 0 Å². The molecule has 7 heteroatoms. The van der Waals surface area contributed by atoms with E-state index in [1.54, 1.807) is 16.7 Å². The van der Waals surface area contributed by atoms with Crippen molar-refractivity contribution in [2.24, 2.45) is 0 Å². The number of ether oxygens (including phenoxy) is 1. The summed E-state index contributed by atoms with van der Waals surface area (Å²) < 4.78 is 32.9. The average molecular weight is 325 g/mol. The molecule has 2 fully saturated rings. The van der Waals surface area contributed by atoms with Gasteiger partial charge in [-0.05, 0) is 19.8 Å². The Bertz CT molecular complexity index is 597. The molecule has 1 atom stereocenters. The Balaban J connectivity index is 1.73. The molecule has 6 nitrogen and oxygen atoms in total. The van der Waals surface area contributed by atoms with Gasteiger partial charge >= 0.3 is 0 Å². The van der Waals surface area contributed by atoms with E-state index >= 15 is 0 Å². The van der Waals surface area contributed by atoms with Crippen LogP contribution in [-0.4, -0.2) is 47.6 Å². The fraction of sp³-hybridized carbons (Fsp3) is 0.733. The Morgan fingerprint density at radius 2 is 1.95 bits per heavy atom. The normalized spacial score (nSPS) is 25.2. The maximum atomic E-state index is 12.8. The van der Waals surface area contributed by atoms with Crippen LogP contribution in [0.3, 0.4) is 0 Å². The smallest absolute Gasteiger partial charge is 0.217 e. The lowest BCUT2D eigenvalue weighted by Gasteiger charge is -2.35. The van der Waals surface area contributed by atoms with Crippen molar-refractivity contribution in [1.29, 1.82) is 0 Å². The fourth-order valence-corrected chi connectivity index (χ4v) is 5.20. The Morgan fingerprint density at radius 3 is 2.64 bits per heavy atom. The molecule has 0 amide bonds. The second kappa shape index (κ2) is 6.60. The van der Waals surface area contributed by atoms with Gasteiger partial charge in [-0.3, -0.25) is 9.97 Å². The molecular formula is C15H23N3O3S. The minimum absolute atomic E-state index is 0.218. The summed E-state index contributed by atoms with van der Waals surface area (Å²) in [7, 11) is -3.23. The molecule has 1 saturated carbocycles. The van der Waals surface area contributed by atoms with Gasteiger partial charge in [0.15, 0.2) is 0 Å². The summed E-state index contributed by atoms with van der Waals surface area (Å²) in [6.07, 6.45) is 7.80. The van der Waals surface area contributed by atoms with Crippen molar-refractivity contribution in [2.75, 3.05) is 19.7 Å². The highest BCUT2D eigenvalue weighted by Crippen LogP contribution is 2.29. The van der Waals surface area contributed by atoms with Crippen molar-refractivity contribution in [1.82, 2.24) is 14.3 Å². The Morgan fingerprint density at radius 1 is 1.18 bits per heavy atom. The van der Waals surface area contributed by atoms with Gasteiger partial charge < -0.3 is 4.74 Å². The van der Waals surface area contributed by atoms with E-state index in [0.29, 0.717) is 25.4 Å². The lowest BCUT2D eigenvalue weighted by Crippen LogP contribution is -2.46. The minimum atomic E-state index is -3.23. The summed E-state index contributed by atoms with van der Waals surface area (Å²) in [6.45, 7) is 3.07. The lowest BCUT2D eigenvalue weighted by atomic mass is 10.0. The van der Waals surface area contributed by atoms with Gasteiger partial charge in [-0.25, -0.2) is 8.42 Å². The molecule has 0 N–H and O–H groups in total. The lowest BCUT2D eigenvalue weighted by molar-refractivity contribution is -0.00555. The van der Waals surface area contributed by atoms with Gasteiger partial charge in [-0.2, -0.15) is 4.31 Å². The molecular weight excluding hydrogens is 302 g/mol. The maximum absolute atomic E-state index is 12.8. The van der Waals surface area contributed by atoms with Crippen LogP contribution in [-0.2, 0) is 14.8 Å². The highest BCUT2D eigenvalue weighted by molar-refractivity contribution is 7.89. The number of sulfonamides is 1. The Labute approximate surface area is 132 Å². The monoisotopic (exact) mass is 325 g/mol. The number of aromatic nitrogens is 2. The molecule has 1 aliphatic heterocycles. The zero-order valence-corrected chi connectivity index (χ0v) is 13.8. The van der Waals surface area contributed by atoms with E-state index in [4.69, 9.17) is 4.74 Å². The van der Waals surface area contributed by atoms with Gasteiger partial charge in [-0.15, -0.1) is 0 Å². The second-order valence-electron chi connectivity index (χ2n) is 6.11. The van der Waals surface area contributed by atoms with Gasteiger partial charge in [0.2, 0.25) is 10.0 Å². The molecule has 1 aromatic heterocycles. The topological polar surface area (TPSA) is 72.4 Å². The van der Waals surface area contributed by atoms with Crippen LogP contribution in [0.1, 0.15) is 49.6 Å². The van der Waals surface area contributed by atoms with Crippen LogP contribution in [0, 0.1) is 6.92 Å². The molecule has 0 bridgehead atoms. The second-order valence-corrected chi connectivity index (χ2v) is 8.32. The molecule has 0 unspecified atom stereocenters. The summed E-state index contributed by atoms with van der Waals surface area (Å²) in [4.78, 5) is 8.54. The predicted octanol–water partition coefficient (Wildman–Crippen LogP) is 1.82. The molecule has 22 heavy (non-hydrogen) atoms. The first-order valence-corrected chi connectivity index (χ1v) is 9.47. The first-order chi connectivity index (χ1) is 10.6. The maximum Gasteiger partial charge on any atom is 0.217 e. The van der Waals surface area contributed by atoms with E-state index in [9.17, 15) is 8.42 Å². The third-order valence-corrected chi connectivity index (χ3v) is 6.86. The quantitative estimate of drug-likeness (QED) is 0.847. The molecule has 1 aromatic rings. The third kappa shape index (κ3) is 3.31. The van der Waals surface area contributed by atoms with Crippen LogP contribution in [0.15, 0.2) is 12.4 Å². The molecule has 0 spiro atoms. The van der Waals surface area contributed by atoms with Gasteiger partial charge in [0.1, 0.15) is 6.10 Å². The van der Waals surface area contributed by atoms with E-state index in [1.807, 2.05) is 6.92 Å². The zero-order valence-electron chi connectivity index (χ0n) is 12.9.